The van der Waals surface area contributed by atoms with E-state index < -0.39 is 5.66 Å². The minimum atomic E-state index is -0.828. The highest BCUT2D eigenvalue weighted by atomic mass is 16.2. The van der Waals surface area contributed by atoms with Gasteiger partial charge in [-0.15, -0.1) is 0 Å². The number of carbonyl (C=O) groups excluding carboxylic acids is 3. The van der Waals surface area contributed by atoms with Gasteiger partial charge in [0.1, 0.15) is 12.2 Å². The highest BCUT2D eigenvalue weighted by Gasteiger charge is 2.53. The van der Waals surface area contributed by atoms with Gasteiger partial charge in [0.05, 0.1) is 11.3 Å². The van der Waals surface area contributed by atoms with Crippen LogP contribution in [0.2, 0.25) is 0 Å². The lowest BCUT2D eigenvalue weighted by molar-refractivity contribution is -0.120. The molecule has 1 saturated heterocycles. The number of amides is 3. The molecule has 3 amide bonds. The quantitative estimate of drug-likeness (QED) is 0.912. The smallest absolute Gasteiger partial charge is 0.258 e. The number of nitrogens with zero attached hydrogens (tertiary/aromatic N) is 2. The average molecular weight is 363 g/mol. The van der Waals surface area contributed by atoms with Crippen LogP contribution in [0.1, 0.15) is 35.7 Å². The van der Waals surface area contributed by atoms with Crippen LogP contribution in [0.4, 0.5) is 11.4 Å². The molecule has 2 aromatic rings. The fourth-order valence-corrected chi connectivity index (χ4v) is 3.99. The van der Waals surface area contributed by atoms with Crippen molar-refractivity contribution in [3.63, 3.8) is 0 Å². The lowest BCUT2D eigenvalue weighted by Crippen LogP contribution is -2.63. The van der Waals surface area contributed by atoms with Gasteiger partial charge in [0.2, 0.25) is 11.8 Å². The Hall–Kier alpha value is -3.15. The number of nitrogens with one attached hydrogen (secondary N) is 1. The van der Waals surface area contributed by atoms with Gasteiger partial charge >= 0.3 is 0 Å². The normalized spacial score (nSPS) is 21.1. The van der Waals surface area contributed by atoms with Gasteiger partial charge in [0.15, 0.2) is 0 Å². The first kappa shape index (κ1) is 17.3. The average Bonchev–Trinajstić information content (AvgIpc) is 2.96. The molecule has 1 N–H and O–H groups in total. The maximum Gasteiger partial charge on any atom is 0.258 e. The standard InChI is InChI=1S/C21H21N3O3/c1-14-7-3-5-9-16(14)22-18(25)13-23-20(27)15-8-4-6-10-17(15)24-19(26)11-12-21(23,24)2/h3-10H,11-13H2,1-2H3,(H,22,25). The fraction of sp³-hybridized carbons (Fsp3) is 0.286. The van der Waals surface area contributed by atoms with Crippen LogP contribution in [0.3, 0.4) is 0 Å². The number of aryl methyl sites for hydroxylation is 1. The molecule has 138 valence electrons. The molecular formula is C21H21N3O3. The van der Waals surface area contributed by atoms with Crippen LogP contribution in [0.25, 0.3) is 0 Å². The van der Waals surface area contributed by atoms with Crippen molar-refractivity contribution < 1.29 is 14.4 Å². The predicted octanol–water partition coefficient (Wildman–Crippen LogP) is 2.93. The first-order chi connectivity index (χ1) is 12.9. The van der Waals surface area contributed by atoms with Gasteiger partial charge in [0.25, 0.3) is 5.91 Å². The predicted molar refractivity (Wildman–Crippen MR) is 102 cm³/mol. The molecule has 0 aliphatic carbocycles. The first-order valence-corrected chi connectivity index (χ1v) is 9.01. The third-order valence-electron chi connectivity index (χ3n) is 5.47. The fourth-order valence-electron chi connectivity index (χ4n) is 3.99. The van der Waals surface area contributed by atoms with E-state index in [1.54, 1.807) is 23.1 Å². The SMILES string of the molecule is Cc1ccccc1NC(=O)CN1C(=O)c2ccccc2N2C(=O)CCC12C. The number of rotatable bonds is 3. The van der Waals surface area contributed by atoms with Crippen molar-refractivity contribution in [2.24, 2.45) is 0 Å². The van der Waals surface area contributed by atoms with Crippen LogP contribution in [0.15, 0.2) is 48.5 Å². The molecule has 6 nitrogen and oxygen atoms in total. The van der Waals surface area contributed by atoms with E-state index in [9.17, 15) is 14.4 Å². The number of para-hydroxylation sites is 2. The zero-order valence-electron chi connectivity index (χ0n) is 15.4. The highest BCUT2D eigenvalue weighted by molar-refractivity contribution is 6.11. The minimum Gasteiger partial charge on any atom is -0.324 e. The number of fused-ring (bicyclic) bond motifs is 3. The summed E-state index contributed by atoms with van der Waals surface area (Å²) in [6, 6.07) is 14.6. The van der Waals surface area contributed by atoms with Crippen LogP contribution in [-0.4, -0.2) is 34.8 Å². The Bertz CT molecular complexity index is 955. The van der Waals surface area contributed by atoms with Gasteiger partial charge in [-0.05, 0) is 44.0 Å². The van der Waals surface area contributed by atoms with Crippen LogP contribution < -0.4 is 10.2 Å². The van der Waals surface area contributed by atoms with Crippen molar-refractivity contribution in [1.82, 2.24) is 4.90 Å². The second-order valence-corrected chi connectivity index (χ2v) is 7.22. The van der Waals surface area contributed by atoms with E-state index in [-0.39, 0.29) is 24.3 Å². The summed E-state index contributed by atoms with van der Waals surface area (Å²) in [7, 11) is 0. The number of hydrogen-bond donors (Lipinski definition) is 1. The Labute approximate surface area is 157 Å². The third kappa shape index (κ3) is 2.68. The zero-order chi connectivity index (χ0) is 19.2. The highest BCUT2D eigenvalue weighted by Crippen LogP contribution is 2.43. The van der Waals surface area contributed by atoms with E-state index >= 15 is 0 Å². The molecule has 4 rings (SSSR count). The molecule has 0 aromatic heterocycles. The Balaban J connectivity index is 1.66. The van der Waals surface area contributed by atoms with Gasteiger partial charge in [-0.3, -0.25) is 19.3 Å². The largest absolute Gasteiger partial charge is 0.324 e. The molecule has 0 saturated carbocycles. The summed E-state index contributed by atoms with van der Waals surface area (Å²) in [6.45, 7) is 3.66. The Morgan fingerprint density at radius 1 is 1.11 bits per heavy atom. The first-order valence-electron chi connectivity index (χ1n) is 9.01. The second-order valence-electron chi connectivity index (χ2n) is 7.22. The molecule has 0 bridgehead atoms. The van der Waals surface area contributed by atoms with Crippen molar-refractivity contribution in [3.8, 4) is 0 Å². The number of carbonyl (C=O) groups is 3. The summed E-state index contributed by atoms with van der Waals surface area (Å²) < 4.78 is 0. The van der Waals surface area contributed by atoms with Gasteiger partial charge in [-0.1, -0.05) is 30.3 Å². The van der Waals surface area contributed by atoms with Gasteiger partial charge in [-0.25, -0.2) is 0 Å². The van der Waals surface area contributed by atoms with Crippen molar-refractivity contribution in [1.29, 1.82) is 0 Å². The Kier molecular flexibility index (Phi) is 3.98. The van der Waals surface area contributed by atoms with Crippen molar-refractivity contribution >= 4 is 29.1 Å². The van der Waals surface area contributed by atoms with Crippen LogP contribution in [0, 0.1) is 6.92 Å². The molecule has 0 radical (unpaired) electrons. The second kappa shape index (κ2) is 6.23. The van der Waals surface area contributed by atoms with Gasteiger partial charge < -0.3 is 10.2 Å². The van der Waals surface area contributed by atoms with Gasteiger partial charge in [0, 0.05) is 12.1 Å². The van der Waals surface area contributed by atoms with Crippen molar-refractivity contribution in [3.05, 3.63) is 59.7 Å². The monoisotopic (exact) mass is 363 g/mol. The number of benzene rings is 2. The molecule has 1 unspecified atom stereocenters. The summed E-state index contributed by atoms with van der Waals surface area (Å²) in [6.07, 6.45) is 0.859. The molecule has 27 heavy (non-hydrogen) atoms. The number of hydrogen-bond acceptors (Lipinski definition) is 3. The van der Waals surface area contributed by atoms with Crippen molar-refractivity contribution in [2.75, 3.05) is 16.8 Å². The molecule has 6 heteroatoms. The summed E-state index contributed by atoms with van der Waals surface area (Å²) in [5, 5.41) is 2.87. The maximum absolute atomic E-state index is 13.1. The van der Waals surface area contributed by atoms with E-state index in [1.165, 1.54) is 4.90 Å². The number of anilines is 2. The molecule has 0 spiro atoms. The summed E-state index contributed by atoms with van der Waals surface area (Å²) in [5.41, 5.74) is 1.92. The summed E-state index contributed by atoms with van der Waals surface area (Å²) >= 11 is 0. The Morgan fingerprint density at radius 3 is 2.59 bits per heavy atom. The molecule has 2 aliphatic rings. The van der Waals surface area contributed by atoms with Gasteiger partial charge in [-0.2, -0.15) is 0 Å². The maximum atomic E-state index is 13.1. The summed E-state index contributed by atoms with van der Waals surface area (Å²) in [4.78, 5) is 41.6. The molecular weight excluding hydrogens is 342 g/mol. The van der Waals surface area contributed by atoms with E-state index in [0.29, 0.717) is 24.1 Å². The Morgan fingerprint density at radius 2 is 1.81 bits per heavy atom. The molecule has 1 atom stereocenters. The molecule has 1 fully saturated rings. The van der Waals surface area contributed by atoms with Crippen LogP contribution in [-0.2, 0) is 9.59 Å². The van der Waals surface area contributed by atoms with Crippen LogP contribution in [0.5, 0.6) is 0 Å². The van der Waals surface area contributed by atoms with Crippen molar-refractivity contribution in [2.45, 2.75) is 32.4 Å². The van der Waals surface area contributed by atoms with E-state index in [4.69, 9.17) is 0 Å². The molecule has 2 aliphatic heterocycles. The third-order valence-corrected chi connectivity index (χ3v) is 5.47. The zero-order valence-corrected chi connectivity index (χ0v) is 15.4. The van der Waals surface area contributed by atoms with E-state index in [2.05, 4.69) is 5.32 Å². The van der Waals surface area contributed by atoms with Crippen LogP contribution >= 0.6 is 0 Å². The molecule has 2 heterocycles. The lowest BCUT2D eigenvalue weighted by Gasteiger charge is -2.48. The topological polar surface area (TPSA) is 69.7 Å². The summed E-state index contributed by atoms with van der Waals surface area (Å²) in [5.74, 6) is -0.529. The lowest BCUT2D eigenvalue weighted by atomic mass is 9.98. The van der Waals surface area contributed by atoms with E-state index in [0.717, 1.165) is 11.3 Å². The minimum absolute atomic E-state index is 0.0261. The van der Waals surface area contributed by atoms with E-state index in [1.807, 2.05) is 44.2 Å². The molecule has 2 aromatic carbocycles.